The van der Waals surface area contributed by atoms with Crippen LogP contribution >= 0.6 is 0 Å². The monoisotopic (exact) mass is 307 g/mol. The van der Waals surface area contributed by atoms with Gasteiger partial charge in [0.15, 0.2) is 10.7 Å². The van der Waals surface area contributed by atoms with Gasteiger partial charge in [-0.2, -0.15) is 0 Å². The molecule has 0 unspecified atom stereocenters. The van der Waals surface area contributed by atoms with Crippen LogP contribution in [0.2, 0.25) is 0 Å². The third kappa shape index (κ3) is 2.66. The Hall–Kier alpha value is -1.86. The average Bonchev–Trinajstić information content (AvgIpc) is 2.78. The number of hydrogen-bond donors (Lipinski definition) is 2. The predicted octanol–water partition coefficient (Wildman–Crippen LogP) is 1.74. The molecule has 0 spiro atoms. The first-order valence-corrected chi connectivity index (χ1v) is 8.24. The van der Waals surface area contributed by atoms with Crippen molar-refractivity contribution >= 4 is 15.7 Å². The van der Waals surface area contributed by atoms with Crippen LogP contribution in [0.25, 0.3) is 0 Å². The normalized spacial score (nSPS) is 14.8. The van der Waals surface area contributed by atoms with Gasteiger partial charge in [-0.1, -0.05) is 11.2 Å². The minimum atomic E-state index is -3.68. The Morgan fingerprint density at radius 3 is 2.81 bits per heavy atom. The first kappa shape index (κ1) is 14.1. The smallest absolute Gasteiger partial charge is 0.267 e. The van der Waals surface area contributed by atoms with Crippen molar-refractivity contribution in [1.29, 1.82) is 0 Å². The van der Waals surface area contributed by atoms with Gasteiger partial charge in [0.2, 0.25) is 0 Å². The van der Waals surface area contributed by atoms with Crippen molar-refractivity contribution in [3.8, 4) is 0 Å². The highest BCUT2D eigenvalue weighted by molar-refractivity contribution is 7.92. The Labute approximate surface area is 123 Å². The fraction of sp³-hybridized carbons (Fsp3) is 0.357. The molecule has 7 heteroatoms. The molecule has 21 heavy (non-hydrogen) atoms. The zero-order valence-electron chi connectivity index (χ0n) is 11.9. The van der Waals surface area contributed by atoms with Crippen LogP contribution in [0.15, 0.2) is 27.6 Å². The second kappa shape index (κ2) is 5.16. The summed E-state index contributed by atoms with van der Waals surface area (Å²) in [6, 6.07) is 5.64. The summed E-state index contributed by atoms with van der Waals surface area (Å²) in [4.78, 5) is 0.110. The lowest BCUT2D eigenvalue weighted by atomic mass is 10.0. The van der Waals surface area contributed by atoms with Gasteiger partial charge in [-0.25, -0.2) is 8.42 Å². The van der Waals surface area contributed by atoms with Crippen LogP contribution in [-0.2, 0) is 23.0 Å². The van der Waals surface area contributed by atoms with Crippen LogP contribution in [0, 0.1) is 13.8 Å². The third-order valence-corrected chi connectivity index (χ3v) is 5.21. The van der Waals surface area contributed by atoms with Crippen molar-refractivity contribution in [3.63, 3.8) is 0 Å². The number of rotatable bonds is 3. The SMILES string of the molecule is Cc1noc(C)c1S(=O)(=O)Nc1ccc2c(c1)CNCC2. The lowest BCUT2D eigenvalue weighted by Crippen LogP contribution is -2.24. The largest absolute Gasteiger partial charge is 0.360 e. The van der Waals surface area contributed by atoms with Crippen LogP contribution in [0.1, 0.15) is 22.6 Å². The van der Waals surface area contributed by atoms with E-state index in [4.69, 9.17) is 4.52 Å². The topological polar surface area (TPSA) is 84.2 Å². The van der Waals surface area contributed by atoms with Crippen molar-refractivity contribution in [3.05, 3.63) is 40.8 Å². The van der Waals surface area contributed by atoms with Gasteiger partial charge in [0.25, 0.3) is 10.0 Å². The molecule has 3 rings (SSSR count). The summed E-state index contributed by atoms with van der Waals surface area (Å²) >= 11 is 0. The maximum atomic E-state index is 12.4. The highest BCUT2D eigenvalue weighted by Gasteiger charge is 2.24. The van der Waals surface area contributed by atoms with Crippen LogP contribution in [0.4, 0.5) is 5.69 Å². The Bertz CT molecular complexity index is 761. The first-order chi connectivity index (χ1) is 9.97. The van der Waals surface area contributed by atoms with Crippen LogP contribution in [0.3, 0.4) is 0 Å². The van der Waals surface area contributed by atoms with Crippen molar-refractivity contribution in [2.24, 2.45) is 0 Å². The van der Waals surface area contributed by atoms with E-state index in [1.807, 2.05) is 12.1 Å². The van der Waals surface area contributed by atoms with Crippen molar-refractivity contribution in [1.82, 2.24) is 10.5 Å². The summed E-state index contributed by atoms with van der Waals surface area (Å²) in [6.45, 7) is 4.92. The highest BCUT2D eigenvalue weighted by atomic mass is 32.2. The fourth-order valence-electron chi connectivity index (χ4n) is 2.61. The maximum Gasteiger partial charge on any atom is 0.267 e. The van der Waals surface area contributed by atoms with E-state index < -0.39 is 10.0 Å². The second-order valence-electron chi connectivity index (χ2n) is 5.17. The lowest BCUT2D eigenvalue weighted by Gasteiger charge is -2.18. The molecule has 2 aromatic rings. The molecule has 112 valence electrons. The van der Waals surface area contributed by atoms with E-state index in [1.165, 1.54) is 5.56 Å². The number of fused-ring (bicyclic) bond motifs is 1. The number of sulfonamides is 1. The number of nitrogens with one attached hydrogen (secondary N) is 2. The van der Waals surface area contributed by atoms with Crippen molar-refractivity contribution < 1.29 is 12.9 Å². The Balaban J connectivity index is 1.93. The van der Waals surface area contributed by atoms with Crippen LogP contribution in [-0.4, -0.2) is 20.1 Å². The molecule has 0 aliphatic carbocycles. The van der Waals surface area contributed by atoms with Gasteiger partial charge < -0.3 is 9.84 Å². The molecular weight excluding hydrogens is 290 g/mol. The summed E-state index contributed by atoms with van der Waals surface area (Å²) in [7, 11) is -3.68. The van der Waals surface area contributed by atoms with Gasteiger partial charge in [-0.3, -0.25) is 4.72 Å². The van der Waals surface area contributed by atoms with Crippen molar-refractivity contribution in [2.75, 3.05) is 11.3 Å². The molecule has 0 radical (unpaired) electrons. The van der Waals surface area contributed by atoms with Gasteiger partial charge in [0, 0.05) is 12.2 Å². The van der Waals surface area contributed by atoms with Crippen LogP contribution < -0.4 is 10.0 Å². The second-order valence-corrected chi connectivity index (χ2v) is 6.79. The van der Waals surface area contributed by atoms with Gasteiger partial charge >= 0.3 is 0 Å². The molecule has 0 saturated heterocycles. The van der Waals surface area contributed by atoms with E-state index in [-0.39, 0.29) is 4.90 Å². The molecule has 0 bridgehead atoms. The number of nitrogens with zero attached hydrogens (tertiary/aromatic N) is 1. The lowest BCUT2D eigenvalue weighted by molar-refractivity contribution is 0.390. The Kier molecular flexibility index (Phi) is 3.46. The zero-order valence-corrected chi connectivity index (χ0v) is 12.8. The summed E-state index contributed by atoms with van der Waals surface area (Å²) in [5, 5.41) is 6.96. The Morgan fingerprint density at radius 2 is 2.10 bits per heavy atom. The quantitative estimate of drug-likeness (QED) is 0.902. The van der Waals surface area contributed by atoms with Crippen molar-refractivity contribution in [2.45, 2.75) is 31.7 Å². The van der Waals surface area contributed by atoms with Crippen LogP contribution in [0.5, 0.6) is 0 Å². The molecule has 2 heterocycles. The molecule has 1 aliphatic heterocycles. The molecule has 1 aromatic carbocycles. The standard InChI is InChI=1S/C14H17N3O3S/c1-9-14(10(2)20-16-9)21(18,19)17-13-4-3-11-5-6-15-8-12(11)7-13/h3-4,7,15,17H,5-6,8H2,1-2H3. The fourth-order valence-corrected chi connectivity index (χ4v) is 3.99. The van der Waals surface area contributed by atoms with E-state index in [1.54, 1.807) is 19.9 Å². The number of anilines is 1. The third-order valence-electron chi connectivity index (χ3n) is 3.58. The average molecular weight is 307 g/mol. The first-order valence-electron chi connectivity index (χ1n) is 6.75. The minimum Gasteiger partial charge on any atom is -0.360 e. The van der Waals surface area contributed by atoms with E-state index in [2.05, 4.69) is 15.2 Å². The Morgan fingerprint density at radius 1 is 1.29 bits per heavy atom. The summed E-state index contributed by atoms with van der Waals surface area (Å²) in [5.74, 6) is 0.291. The number of hydrogen-bond acceptors (Lipinski definition) is 5. The summed E-state index contributed by atoms with van der Waals surface area (Å²) in [6.07, 6.45) is 0.965. The number of benzene rings is 1. The molecular formula is C14H17N3O3S. The minimum absolute atomic E-state index is 0.110. The molecule has 0 atom stereocenters. The number of aromatic nitrogens is 1. The molecule has 6 nitrogen and oxygen atoms in total. The predicted molar refractivity (Wildman–Crippen MR) is 78.6 cm³/mol. The van der Waals surface area contributed by atoms with E-state index in [9.17, 15) is 8.42 Å². The van der Waals surface area contributed by atoms with E-state index >= 15 is 0 Å². The molecule has 0 saturated carbocycles. The zero-order chi connectivity index (χ0) is 15.0. The summed E-state index contributed by atoms with van der Waals surface area (Å²) < 4.78 is 32.4. The number of aryl methyl sites for hydroxylation is 2. The highest BCUT2D eigenvalue weighted by Crippen LogP contribution is 2.24. The molecule has 0 amide bonds. The van der Waals surface area contributed by atoms with E-state index in [0.29, 0.717) is 17.1 Å². The van der Waals surface area contributed by atoms with Gasteiger partial charge in [0.05, 0.1) is 0 Å². The van der Waals surface area contributed by atoms with Gasteiger partial charge in [0.1, 0.15) is 5.69 Å². The maximum absolute atomic E-state index is 12.4. The molecule has 0 fully saturated rings. The molecule has 2 N–H and O–H groups in total. The van der Waals surface area contributed by atoms with Gasteiger partial charge in [-0.05, 0) is 50.1 Å². The summed E-state index contributed by atoms with van der Waals surface area (Å²) in [5.41, 5.74) is 3.30. The molecule has 1 aromatic heterocycles. The molecule has 1 aliphatic rings. The van der Waals surface area contributed by atoms with Gasteiger partial charge in [-0.15, -0.1) is 0 Å². The van der Waals surface area contributed by atoms with E-state index in [0.717, 1.165) is 25.1 Å².